The lowest BCUT2D eigenvalue weighted by Crippen LogP contribution is -2.29. The Kier molecular flexibility index (Phi) is 7.38. The first-order valence-electron chi connectivity index (χ1n) is 7.97. The highest BCUT2D eigenvalue weighted by Crippen LogP contribution is 2.31. The number of rotatable bonds is 0. The van der Waals surface area contributed by atoms with Gasteiger partial charge in [-0.05, 0) is 25.2 Å². The van der Waals surface area contributed by atoms with Crippen LogP contribution in [0.15, 0.2) is 4.99 Å². The highest BCUT2D eigenvalue weighted by Gasteiger charge is 2.33. The van der Waals surface area contributed by atoms with Crippen molar-refractivity contribution in [2.75, 3.05) is 0 Å². The highest BCUT2D eigenvalue weighted by atomic mass is 16.5. The summed E-state index contributed by atoms with van der Waals surface area (Å²) in [6.45, 7) is 8.27. The summed E-state index contributed by atoms with van der Waals surface area (Å²) in [6.07, 6.45) is 11.7. The van der Waals surface area contributed by atoms with Crippen molar-refractivity contribution in [3.8, 4) is 0 Å². The highest BCUT2D eigenvalue weighted by molar-refractivity contribution is 5.75. The van der Waals surface area contributed by atoms with Crippen LogP contribution in [0, 0.1) is 5.92 Å². The Morgan fingerprint density at radius 3 is 2.11 bits per heavy atom. The SMILES string of the molecule is C1CCCC1.CC.CC1=NC2CC(C)CCC2O1. The van der Waals surface area contributed by atoms with E-state index >= 15 is 0 Å². The third kappa shape index (κ3) is 4.99. The van der Waals surface area contributed by atoms with Crippen molar-refractivity contribution in [1.29, 1.82) is 0 Å². The molecule has 0 bridgehead atoms. The van der Waals surface area contributed by atoms with Crippen LogP contribution in [0.4, 0.5) is 0 Å². The fourth-order valence-electron chi connectivity index (χ4n) is 2.96. The van der Waals surface area contributed by atoms with Crippen LogP contribution in [0.5, 0.6) is 0 Å². The molecule has 1 heterocycles. The molecule has 2 heteroatoms. The van der Waals surface area contributed by atoms with Crippen molar-refractivity contribution >= 4 is 5.90 Å². The number of hydrogen-bond acceptors (Lipinski definition) is 2. The van der Waals surface area contributed by atoms with E-state index in [2.05, 4.69) is 11.9 Å². The third-order valence-electron chi connectivity index (χ3n) is 3.94. The number of aliphatic imine (C=N–C) groups is 1. The van der Waals surface area contributed by atoms with Crippen LogP contribution in [-0.2, 0) is 4.74 Å². The fraction of sp³-hybridized carbons (Fsp3) is 0.938. The van der Waals surface area contributed by atoms with Gasteiger partial charge in [-0.2, -0.15) is 0 Å². The van der Waals surface area contributed by atoms with Gasteiger partial charge in [-0.3, -0.25) is 0 Å². The Hall–Kier alpha value is -0.530. The summed E-state index contributed by atoms with van der Waals surface area (Å²) in [5.74, 6) is 1.74. The van der Waals surface area contributed by atoms with E-state index in [9.17, 15) is 0 Å². The van der Waals surface area contributed by atoms with Gasteiger partial charge in [0.15, 0.2) is 5.90 Å². The van der Waals surface area contributed by atoms with E-state index in [1.165, 1.54) is 51.4 Å². The van der Waals surface area contributed by atoms with E-state index in [1.54, 1.807) is 0 Å². The smallest absolute Gasteiger partial charge is 0.180 e. The van der Waals surface area contributed by atoms with Crippen molar-refractivity contribution in [3.05, 3.63) is 0 Å². The molecule has 0 saturated heterocycles. The molecular weight excluding hydrogens is 222 g/mol. The van der Waals surface area contributed by atoms with Crippen LogP contribution in [0.25, 0.3) is 0 Å². The second kappa shape index (κ2) is 8.55. The van der Waals surface area contributed by atoms with Gasteiger partial charge >= 0.3 is 0 Å². The number of hydrogen-bond donors (Lipinski definition) is 0. The Labute approximate surface area is 113 Å². The summed E-state index contributed by atoms with van der Waals surface area (Å²) in [7, 11) is 0. The van der Waals surface area contributed by atoms with Gasteiger partial charge in [0, 0.05) is 6.92 Å². The Balaban J connectivity index is 0.000000195. The molecule has 0 amide bonds. The molecule has 0 aromatic rings. The van der Waals surface area contributed by atoms with Crippen molar-refractivity contribution in [3.63, 3.8) is 0 Å². The lowest BCUT2D eigenvalue weighted by molar-refractivity contribution is 0.131. The molecule has 1 aliphatic heterocycles. The Bertz CT molecular complexity index is 238. The molecule has 106 valence electrons. The maximum Gasteiger partial charge on any atom is 0.180 e. The van der Waals surface area contributed by atoms with E-state index in [-0.39, 0.29) is 0 Å². The lowest BCUT2D eigenvalue weighted by Gasteiger charge is -2.26. The van der Waals surface area contributed by atoms with E-state index in [1.807, 2.05) is 20.8 Å². The average molecular weight is 253 g/mol. The van der Waals surface area contributed by atoms with Gasteiger partial charge < -0.3 is 4.74 Å². The Morgan fingerprint density at radius 1 is 1.00 bits per heavy atom. The summed E-state index contributed by atoms with van der Waals surface area (Å²) in [5.41, 5.74) is 0. The monoisotopic (exact) mass is 253 g/mol. The van der Waals surface area contributed by atoms with E-state index < -0.39 is 0 Å². The molecule has 3 atom stereocenters. The normalized spacial score (nSPS) is 33.1. The molecule has 3 rings (SSSR count). The van der Waals surface area contributed by atoms with Gasteiger partial charge in [0.25, 0.3) is 0 Å². The molecule has 2 nitrogen and oxygen atoms in total. The minimum absolute atomic E-state index is 0.422. The summed E-state index contributed by atoms with van der Waals surface area (Å²) < 4.78 is 5.56. The molecule has 0 spiro atoms. The van der Waals surface area contributed by atoms with E-state index in [0.717, 1.165) is 11.8 Å². The van der Waals surface area contributed by atoms with Gasteiger partial charge in [-0.15, -0.1) is 0 Å². The van der Waals surface area contributed by atoms with Crippen molar-refractivity contribution in [1.82, 2.24) is 0 Å². The molecule has 2 aliphatic carbocycles. The van der Waals surface area contributed by atoms with Crippen LogP contribution >= 0.6 is 0 Å². The largest absolute Gasteiger partial charge is 0.476 e. The maximum atomic E-state index is 5.56. The summed E-state index contributed by atoms with van der Waals surface area (Å²) in [4.78, 5) is 4.46. The molecule has 0 aromatic carbocycles. The van der Waals surface area contributed by atoms with Gasteiger partial charge in [0.1, 0.15) is 6.10 Å². The summed E-state index contributed by atoms with van der Waals surface area (Å²) in [5, 5.41) is 0. The molecule has 2 fully saturated rings. The van der Waals surface area contributed by atoms with Crippen LogP contribution < -0.4 is 0 Å². The molecule has 18 heavy (non-hydrogen) atoms. The van der Waals surface area contributed by atoms with Crippen LogP contribution in [0.1, 0.15) is 79.1 Å². The number of ether oxygens (including phenoxy) is 1. The first-order chi connectivity index (χ1) is 8.75. The number of fused-ring (bicyclic) bond motifs is 1. The molecule has 0 radical (unpaired) electrons. The van der Waals surface area contributed by atoms with Gasteiger partial charge in [0.2, 0.25) is 0 Å². The standard InChI is InChI=1S/C9H15NO.C5H10.C2H6/c1-6-3-4-9-8(5-6)10-7(2)11-9;1-2-4-5-3-1;1-2/h6,8-9H,3-5H2,1-2H3;1-5H2;1-2H3. The van der Waals surface area contributed by atoms with Crippen LogP contribution in [0.3, 0.4) is 0 Å². The fourth-order valence-corrected chi connectivity index (χ4v) is 2.96. The summed E-state index contributed by atoms with van der Waals surface area (Å²) >= 11 is 0. The van der Waals surface area contributed by atoms with Gasteiger partial charge in [0.05, 0.1) is 6.04 Å². The Morgan fingerprint density at radius 2 is 1.56 bits per heavy atom. The second-order valence-corrected chi connectivity index (χ2v) is 5.56. The van der Waals surface area contributed by atoms with Crippen molar-refractivity contribution < 1.29 is 4.74 Å². The second-order valence-electron chi connectivity index (χ2n) is 5.56. The zero-order valence-corrected chi connectivity index (χ0v) is 12.7. The van der Waals surface area contributed by atoms with E-state index in [4.69, 9.17) is 4.74 Å². The molecule has 3 aliphatic rings. The van der Waals surface area contributed by atoms with Crippen LogP contribution in [-0.4, -0.2) is 18.0 Å². The lowest BCUT2D eigenvalue weighted by atomic mass is 9.86. The zero-order chi connectivity index (χ0) is 13.4. The zero-order valence-electron chi connectivity index (χ0n) is 12.7. The molecular formula is C16H31NO. The predicted molar refractivity (Wildman–Crippen MR) is 79.2 cm³/mol. The first-order valence-corrected chi connectivity index (χ1v) is 7.97. The quantitative estimate of drug-likeness (QED) is 0.597. The molecule has 3 unspecified atom stereocenters. The average Bonchev–Trinajstić information content (AvgIpc) is 3.02. The third-order valence-corrected chi connectivity index (χ3v) is 3.94. The van der Waals surface area contributed by atoms with E-state index in [0.29, 0.717) is 12.1 Å². The van der Waals surface area contributed by atoms with Crippen molar-refractivity contribution in [2.24, 2.45) is 10.9 Å². The van der Waals surface area contributed by atoms with Gasteiger partial charge in [-0.25, -0.2) is 4.99 Å². The molecule has 0 aromatic heterocycles. The topological polar surface area (TPSA) is 21.6 Å². The minimum atomic E-state index is 0.422. The molecule has 2 saturated carbocycles. The summed E-state index contributed by atoms with van der Waals surface area (Å²) in [6, 6.07) is 0.485. The molecule has 0 N–H and O–H groups in total. The number of nitrogens with zero attached hydrogens (tertiary/aromatic N) is 1. The van der Waals surface area contributed by atoms with Crippen LogP contribution in [0.2, 0.25) is 0 Å². The maximum absolute atomic E-state index is 5.56. The van der Waals surface area contributed by atoms with Crippen molar-refractivity contribution in [2.45, 2.75) is 91.2 Å². The first kappa shape index (κ1) is 15.5. The minimum Gasteiger partial charge on any atom is -0.476 e. The predicted octanol–water partition coefficient (Wildman–Crippen LogP) is 4.97. The van der Waals surface area contributed by atoms with Gasteiger partial charge in [-0.1, -0.05) is 52.9 Å².